The Bertz CT molecular complexity index is 117. The average molecular weight is 202 g/mol. The molecule has 0 saturated heterocycles. The van der Waals surface area contributed by atoms with Crippen LogP contribution in [0.2, 0.25) is 0 Å². The van der Waals surface area contributed by atoms with Gasteiger partial charge in [-0.1, -0.05) is 23.2 Å². The Hall–Kier alpha value is 0.230. The van der Waals surface area contributed by atoms with E-state index in [2.05, 4.69) is 23.2 Å². The van der Waals surface area contributed by atoms with E-state index < -0.39 is 16.9 Å². The molecule has 10 heavy (non-hydrogen) atoms. The molecule has 0 bridgehead atoms. The van der Waals surface area contributed by atoms with Crippen molar-refractivity contribution in [2.75, 3.05) is 0 Å². The Balaban J connectivity index is 4.40. The lowest BCUT2D eigenvalue weighted by Gasteiger charge is -2.18. The highest BCUT2D eigenvalue weighted by atomic mass is 35.5. The molecule has 61 valence electrons. The zero-order valence-corrected chi connectivity index (χ0v) is 5.66. The molecular formula is C3Cl2F5. The first-order valence-electron chi connectivity index (χ1n) is 1.82. The van der Waals surface area contributed by atoms with Crippen LogP contribution in [0.1, 0.15) is 0 Å². The molecule has 0 N–H and O–H groups in total. The summed E-state index contributed by atoms with van der Waals surface area (Å²) in [5.41, 5.74) is 0. The van der Waals surface area contributed by atoms with Gasteiger partial charge in [0.2, 0.25) is 4.84 Å². The molecule has 0 aromatic heterocycles. The first-order valence-corrected chi connectivity index (χ1v) is 2.58. The van der Waals surface area contributed by atoms with Crippen LogP contribution in [0.3, 0.4) is 0 Å². The van der Waals surface area contributed by atoms with Crippen molar-refractivity contribution in [3.05, 3.63) is 4.84 Å². The summed E-state index contributed by atoms with van der Waals surface area (Å²) in [4.78, 5) is -2.00. The topological polar surface area (TPSA) is 0 Å². The summed E-state index contributed by atoms with van der Waals surface area (Å²) < 4.78 is 56.7. The first kappa shape index (κ1) is 10.2. The fraction of sp³-hybridized carbons (Fsp3) is 0.667. The van der Waals surface area contributed by atoms with Crippen molar-refractivity contribution in [1.29, 1.82) is 0 Å². The minimum absolute atomic E-state index is 2.00. The molecule has 0 aromatic rings. The summed E-state index contributed by atoms with van der Waals surface area (Å²) >= 11 is 8.53. The van der Waals surface area contributed by atoms with Crippen molar-refractivity contribution in [3.63, 3.8) is 0 Å². The molecule has 0 atom stereocenters. The van der Waals surface area contributed by atoms with Crippen LogP contribution in [0.5, 0.6) is 0 Å². The monoisotopic (exact) mass is 201 g/mol. The summed E-state index contributed by atoms with van der Waals surface area (Å²) in [6.07, 6.45) is -5.72. The number of hydrogen-bond acceptors (Lipinski definition) is 0. The van der Waals surface area contributed by atoms with Crippen LogP contribution < -0.4 is 0 Å². The van der Waals surface area contributed by atoms with Gasteiger partial charge in [-0.3, -0.25) is 0 Å². The van der Waals surface area contributed by atoms with Gasteiger partial charge in [0, 0.05) is 0 Å². The van der Waals surface area contributed by atoms with Crippen LogP contribution >= 0.6 is 23.2 Å². The fourth-order valence-corrected chi connectivity index (χ4v) is 0.321. The minimum atomic E-state index is -5.72. The molecule has 0 saturated carbocycles. The van der Waals surface area contributed by atoms with Gasteiger partial charge in [-0.05, 0) is 0 Å². The van der Waals surface area contributed by atoms with Crippen molar-refractivity contribution in [3.8, 4) is 0 Å². The van der Waals surface area contributed by atoms with Crippen molar-refractivity contribution in [2.45, 2.75) is 12.1 Å². The van der Waals surface area contributed by atoms with E-state index in [-0.39, 0.29) is 0 Å². The summed E-state index contributed by atoms with van der Waals surface area (Å²) in [6, 6.07) is 0. The van der Waals surface area contributed by atoms with Crippen LogP contribution in [0.4, 0.5) is 22.0 Å². The van der Waals surface area contributed by atoms with Gasteiger partial charge in [0.1, 0.15) is 0 Å². The van der Waals surface area contributed by atoms with Gasteiger partial charge < -0.3 is 0 Å². The zero-order chi connectivity index (χ0) is 8.58. The highest BCUT2D eigenvalue weighted by Gasteiger charge is 2.62. The highest BCUT2D eigenvalue weighted by molar-refractivity contribution is 6.53. The molecule has 0 amide bonds. The Morgan fingerprint density at radius 2 is 1.20 bits per heavy atom. The summed E-state index contributed by atoms with van der Waals surface area (Å²) in [7, 11) is 0. The molecule has 0 heterocycles. The number of alkyl halides is 5. The van der Waals surface area contributed by atoms with Gasteiger partial charge >= 0.3 is 12.1 Å². The van der Waals surface area contributed by atoms with E-state index in [0.29, 0.717) is 0 Å². The predicted octanol–water partition coefficient (Wildman–Crippen LogP) is 3.15. The standard InChI is InChI=1S/C3Cl2F5/c4-1(5)2(6,7)3(8,9)10. The van der Waals surface area contributed by atoms with Gasteiger partial charge in [0.05, 0.1) is 0 Å². The van der Waals surface area contributed by atoms with E-state index in [1.165, 1.54) is 0 Å². The number of hydrogen-bond donors (Lipinski definition) is 0. The van der Waals surface area contributed by atoms with Crippen LogP contribution in [-0.4, -0.2) is 12.1 Å². The summed E-state index contributed by atoms with van der Waals surface area (Å²) in [6.45, 7) is 0. The van der Waals surface area contributed by atoms with Crippen LogP contribution in [0.15, 0.2) is 0 Å². The van der Waals surface area contributed by atoms with Gasteiger partial charge in [-0.25, -0.2) is 0 Å². The second kappa shape index (κ2) is 2.70. The lowest BCUT2D eigenvalue weighted by molar-refractivity contribution is -0.265. The van der Waals surface area contributed by atoms with E-state index in [0.717, 1.165) is 0 Å². The minimum Gasteiger partial charge on any atom is -0.193 e. The van der Waals surface area contributed by atoms with Gasteiger partial charge in [-0.15, -0.1) is 0 Å². The van der Waals surface area contributed by atoms with Gasteiger partial charge in [0.25, 0.3) is 0 Å². The smallest absolute Gasteiger partial charge is 0.193 e. The molecule has 0 rings (SSSR count). The number of rotatable bonds is 1. The molecule has 1 radical (unpaired) electrons. The lowest BCUT2D eigenvalue weighted by atomic mass is 10.4. The maximum Gasteiger partial charge on any atom is 0.456 e. The van der Waals surface area contributed by atoms with E-state index in [1.54, 1.807) is 0 Å². The molecule has 0 unspecified atom stereocenters. The molecule has 0 aromatic carbocycles. The number of halogens is 7. The maximum atomic E-state index is 11.6. The summed E-state index contributed by atoms with van der Waals surface area (Å²) in [5, 5.41) is 0. The molecule has 0 nitrogen and oxygen atoms in total. The quantitative estimate of drug-likeness (QED) is 0.572. The fourth-order valence-electron chi connectivity index (χ4n) is 0.107. The Labute approximate surface area is 62.9 Å². The Kier molecular flexibility index (Phi) is 2.76. The normalized spacial score (nSPS) is 14.4. The zero-order valence-electron chi connectivity index (χ0n) is 4.15. The maximum absolute atomic E-state index is 11.6. The molecule has 0 spiro atoms. The van der Waals surface area contributed by atoms with Crippen molar-refractivity contribution >= 4 is 23.2 Å². The first-order chi connectivity index (χ1) is 4.19. The van der Waals surface area contributed by atoms with E-state index >= 15 is 0 Å². The molecule has 7 heteroatoms. The lowest BCUT2D eigenvalue weighted by Crippen LogP contribution is -2.38. The van der Waals surface area contributed by atoms with Crippen molar-refractivity contribution in [1.82, 2.24) is 0 Å². The Morgan fingerprint density at radius 1 is 0.900 bits per heavy atom. The van der Waals surface area contributed by atoms with Crippen molar-refractivity contribution in [2.24, 2.45) is 0 Å². The molecule has 0 fully saturated rings. The Morgan fingerprint density at radius 3 is 1.20 bits per heavy atom. The van der Waals surface area contributed by atoms with E-state index in [4.69, 9.17) is 0 Å². The molecular weight excluding hydrogens is 202 g/mol. The predicted molar refractivity (Wildman–Crippen MR) is 26.0 cm³/mol. The third-order valence-corrected chi connectivity index (χ3v) is 1.07. The van der Waals surface area contributed by atoms with E-state index in [1.807, 2.05) is 0 Å². The van der Waals surface area contributed by atoms with Gasteiger partial charge in [0.15, 0.2) is 0 Å². The average Bonchev–Trinajstić information content (AvgIpc) is 1.62. The third kappa shape index (κ3) is 1.85. The molecule has 0 aliphatic heterocycles. The second-order valence-electron chi connectivity index (χ2n) is 1.33. The highest BCUT2D eigenvalue weighted by Crippen LogP contribution is 2.45. The summed E-state index contributed by atoms with van der Waals surface area (Å²) in [5.74, 6) is -5.11. The second-order valence-corrected chi connectivity index (χ2v) is 2.28. The van der Waals surface area contributed by atoms with Crippen LogP contribution in [0, 0.1) is 4.84 Å². The SMILES string of the molecule is FC(F)(F)C(F)(F)[C](Cl)Cl. The third-order valence-electron chi connectivity index (χ3n) is 0.593. The van der Waals surface area contributed by atoms with Crippen LogP contribution in [0.25, 0.3) is 0 Å². The van der Waals surface area contributed by atoms with E-state index in [9.17, 15) is 22.0 Å². The molecule has 0 aliphatic carbocycles. The molecule has 0 aliphatic rings. The van der Waals surface area contributed by atoms with Crippen LogP contribution in [-0.2, 0) is 0 Å². The van der Waals surface area contributed by atoms with Gasteiger partial charge in [-0.2, -0.15) is 22.0 Å². The van der Waals surface area contributed by atoms with Crippen molar-refractivity contribution < 1.29 is 22.0 Å². The largest absolute Gasteiger partial charge is 0.456 e.